The molecule has 1 saturated heterocycles. The molecule has 4 rings (SSSR count). The normalized spacial score (nSPS) is 18.6. The van der Waals surface area contributed by atoms with E-state index in [2.05, 4.69) is 44.9 Å². The fraction of sp³-hybridized carbons (Fsp3) is 0.360. The lowest BCUT2D eigenvalue weighted by molar-refractivity contribution is 0.159. The summed E-state index contributed by atoms with van der Waals surface area (Å²) in [5, 5.41) is 10.8. The number of aromatic nitrogens is 2. The molecule has 1 aliphatic rings. The third-order valence-corrected chi connectivity index (χ3v) is 6.07. The molecule has 3 aromatic rings. The van der Waals surface area contributed by atoms with Crippen LogP contribution in [0, 0.1) is 6.92 Å². The summed E-state index contributed by atoms with van der Waals surface area (Å²) in [5.74, 6) is 0.914. The van der Waals surface area contributed by atoms with E-state index in [0.717, 1.165) is 36.5 Å². The van der Waals surface area contributed by atoms with Crippen LogP contribution in [0.3, 0.4) is 0 Å². The molecule has 0 aliphatic carbocycles. The average molecular weight is 434 g/mol. The highest BCUT2D eigenvalue weighted by molar-refractivity contribution is 5.94. The number of hydrogen-bond donors (Lipinski definition) is 2. The molecule has 1 fully saturated rings. The largest absolute Gasteiger partial charge is 0.383 e. The standard InChI is InChI=1S/C25H31N5O2/c1-18-23(20-12-8-5-9-13-20)24(29(2)28-18)27-25(31)26-22-17-30(14-15-32-3)16-21(22)19-10-6-4-7-11-19/h4-13,21-22H,14-17H2,1-3H3,(H2,26,27,31)/t21?,22-/m1/s1. The fourth-order valence-electron chi connectivity index (χ4n) is 4.54. The van der Waals surface area contributed by atoms with Crippen LogP contribution in [0.1, 0.15) is 17.2 Å². The Balaban J connectivity index is 1.52. The number of carbonyl (C=O) groups excluding carboxylic acids is 1. The lowest BCUT2D eigenvalue weighted by Gasteiger charge is -2.21. The summed E-state index contributed by atoms with van der Waals surface area (Å²) in [7, 11) is 3.57. The van der Waals surface area contributed by atoms with E-state index in [1.54, 1.807) is 11.8 Å². The van der Waals surface area contributed by atoms with Gasteiger partial charge < -0.3 is 10.1 Å². The maximum atomic E-state index is 13.1. The second kappa shape index (κ2) is 9.97. The van der Waals surface area contributed by atoms with Crippen molar-refractivity contribution in [3.63, 3.8) is 0 Å². The maximum absolute atomic E-state index is 13.1. The van der Waals surface area contributed by atoms with Crippen molar-refractivity contribution in [2.45, 2.75) is 18.9 Å². The lowest BCUT2D eigenvalue weighted by Crippen LogP contribution is -2.42. The minimum Gasteiger partial charge on any atom is -0.383 e. The number of aryl methyl sites for hydroxylation is 2. The Morgan fingerprint density at radius 3 is 2.47 bits per heavy atom. The molecular formula is C25H31N5O2. The molecule has 2 heterocycles. The van der Waals surface area contributed by atoms with Gasteiger partial charge in [-0.2, -0.15) is 5.10 Å². The molecule has 0 spiro atoms. The molecular weight excluding hydrogens is 402 g/mol. The first-order valence-electron chi connectivity index (χ1n) is 11.0. The molecule has 7 heteroatoms. The molecule has 1 unspecified atom stereocenters. The summed E-state index contributed by atoms with van der Waals surface area (Å²) in [6.45, 7) is 5.15. The number of methoxy groups -OCH3 is 1. The van der Waals surface area contributed by atoms with E-state index in [1.807, 2.05) is 50.4 Å². The van der Waals surface area contributed by atoms with Crippen molar-refractivity contribution >= 4 is 11.8 Å². The summed E-state index contributed by atoms with van der Waals surface area (Å²) in [5.41, 5.74) is 4.08. The molecule has 2 N–H and O–H groups in total. The van der Waals surface area contributed by atoms with Crippen molar-refractivity contribution in [3.8, 4) is 11.1 Å². The number of anilines is 1. The number of likely N-dealkylation sites (tertiary alicyclic amines) is 1. The smallest absolute Gasteiger partial charge is 0.320 e. The van der Waals surface area contributed by atoms with Gasteiger partial charge in [-0.25, -0.2) is 4.79 Å². The van der Waals surface area contributed by atoms with Gasteiger partial charge in [0.2, 0.25) is 0 Å². The zero-order chi connectivity index (χ0) is 22.5. The summed E-state index contributed by atoms with van der Waals surface area (Å²) in [6, 6.07) is 20.2. The number of urea groups is 1. The Hall–Kier alpha value is -3.16. The van der Waals surface area contributed by atoms with Crippen molar-refractivity contribution in [1.82, 2.24) is 20.0 Å². The first-order valence-corrected chi connectivity index (χ1v) is 11.0. The molecule has 2 aromatic carbocycles. The number of amides is 2. The quantitative estimate of drug-likeness (QED) is 0.597. The van der Waals surface area contributed by atoms with Gasteiger partial charge in [-0.15, -0.1) is 0 Å². The van der Waals surface area contributed by atoms with E-state index in [0.29, 0.717) is 12.4 Å². The van der Waals surface area contributed by atoms with Crippen molar-refractivity contribution in [2.24, 2.45) is 7.05 Å². The van der Waals surface area contributed by atoms with Gasteiger partial charge in [-0.3, -0.25) is 14.9 Å². The van der Waals surface area contributed by atoms with E-state index in [4.69, 9.17) is 4.74 Å². The highest BCUT2D eigenvalue weighted by atomic mass is 16.5. The van der Waals surface area contributed by atoms with E-state index < -0.39 is 0 Å². The molecule has 0 radical (unpaired) electrons. The van der Waals surface area contributed by atoms with Crippen LogP contribution in [0.15, 0.2) is 60.7 Å². The van der Waals surface area contributed by atoms with Gasteiger partial charge in [0.15, 0.2) is 0 Å². The number of rotatable bonds is 7. The molecule has 0 bridgehead atoms. The minimum atomic E-state index is -0.218. The summed E-state index contributed by atoms with van der Waals surface area (Å²) >= 11 is 0. The van der Waals surface area contributed by atoms with Crippen LogP contribution in [-0.2, 0) is 11.8 Å². The van der Waals surface area contributed by atoms with Crippen LogP contribution >= 0.6 is 0 Å². The number of ether oxygens (including phenoxy) is 1. The van der Waals surface area contributed by atoms with Crippen molar-refractivity contribution in [2.75, 3.05) is 38.7 Å². The molecule has 1 aliphatic heterocycles. The number of carbonyl (C=O) groups is 1. The van der Waals surface area contributed by atoms with E-state index >= 15 is 0 Å². The zero-order valence-electron chi connectivity index (χ0n) is 18.9. The van der Waals surface area contributed by atoms with Crippen molar-refractivity contribution < 1.29 is 9.53 Å². The van der Waals surface area contributed by atoms with Gasteiger partial charge in [-0.1, -0.05) is 60.7 Å². The van der Waals surface area contributed by atoms with Crippen LogP contribution in [-0.4, -0.2) is 60.1 Å². The fourth-order valence-corrected chi connectivity index (χ4v) is 4.54. The molecule has 32 heavy (non-hydrogen) atoms. The number of hydrogen-bond acceptors (Lipinski definition) is 4. The molecule has 7 nitrogen and oxygen atoms in total. The van der Waals surface area contributed by atoms with Gasteiger partial charge in [0.1, 0.15) is 5.82 Å². The minimum absolute atomic E-state index is 0.00348. The monoisotopic (exact) mass is 433 g/mol. The molecule has 2 atom stereocenters. The van der Waals surface area contributed by atoms with Crippen LogP contribution in [0.25, 0.3) is 11.1 Å². The van der Waals surface area contributed by atoms with Gasteiger partial charge >= 0.3 is 6.03 Å². The van der Waals surface area contributed by atoms with Crippen LogP contribution < -0.4 is 10.6 Å². The molecule has 1 aromatic heterocycles. The Labute approximate surface area is 189 Å². The second-order valence-electron chi connectivity index (χ2n) is 8.27. The number of nitrogens with one attached hydrogen (secondary N) is 2. The maximum Gasteiger partial charge on any atom is 0.320 e. The summed E-state index contributed by atoms with van der Waals surface area (Å²) in [4.78, 5) is 15.4. The molecule has 168 valence electrons. The van der Waals surface area contributed by atoms with Crippen molar-refractivity contribution in [1.29, 1.82) is 0 Å². The van der Waals surface area contributed by atoms with E-state index in [-0.39, 0.29) is 18.0 Å². The summed E-state index contributed by atoms with van der Waals surface area (Å²) in [6.07, 6.45) is 0. The number of benzene rings is 2. The van der Waals surface area contributed by atoms with Gasteiger partial charge in [0, 0.05) is 45.3 Å². The third kappa shape index (κ3) is 4.84. The van der Waals surface area contributed by atoms with E-state index in [1.165, 1.54) is 5.56 Å². The Morgan fingerprint density at radius 2 is 1.78 bits per heavy atom. The highest BCUT2D eigenvalue weighted by Gasteiger charge is 2.34. The molecule has 2 amide bonds. The predicted molar refractivity (Wildman–Crippen MR) is 127 cm³/mol. The van der Waals surface area contributed by atoms with Crippen LogP contribution in [0.5, 0.6) is 0 Å². The van der Waals surface area contributed by atoms with Gasteiger partial charge in [-0.05, 0) is 18.1 Å². The van der Waals surface area contributed by atoms with Crippen LogP contribution in [0.2, 0.25) is 0 Å². The predicted octanol–water partition coefficient (Wildman–Crippen LogP) is 3.63. The Kier molecular flexibility index (Phi) is 6.87. The van der Waals surface area contributed by atoms with E-state index in [9.17, 15) is 4.79 Å². The number of nitrogens with zero attached hydrogens (tertiary/aromatic N) is 3. The highest BCUT2D eigenvalue weighted by Crippen LogP contribution is 2.31. The average Bonchev–Trinajstić information content (AvgIpc) is 3.33. The SMILES string of the molecule is COCCN1CC(c2ccccc2)[C@H](NC(=O)Nc2c(-c3ccccc3)c(C)nn2C)C1. The first kappa shape index (κ1) is 22.0. The Morgan fingerprint density at radius 1 is 1.09 bits per heavy atom. The first-order chi connectivity index (χ1) is 15.6. The topological polar surface area (TPSA) is 71.4 Å². The third-order valence-electron chi connectivity index (χ3n) is 6.07. The van der Waals surface area contributed by atoms with Crippen molar-refractivity contribution in [3.05, 3.63) is 71.9 Å². The lowest BCUT2D eigenvalue weighted by atomic mass is 9.94. The summed E-state index contributed by atoms with van der Waals surface area (Å²) < 4.78 is 6.99. The second-order valence-corrected chi connectivity index (χ2v) is 8.27. The molecule has 0 saturated carbocycles. The zero-order valence-corrected chi connectivity index (χ0v) is 18.9. The van der Waals surface area contributed by atoms with Gasteiger partial charge in [0.05, 0.1) is 18.3 Å². The van der Waals surface area contributed by atoms with Gasteiger partial charge in [0.25, 0.3) is 0 Å². The Bertz CT molecular complexity index is 1040. The van der Waals surface area contributed by atoms with Crippen LogP contribution in [0.4, 0.5) is 10.6 Å².